The summed E-state index contributed by atoms with van der Waals surface area (Å²) in [6.07, 6.45) is 1.38. The lowest BCUT2D eigenvalue weighted by atomic mass is 10.1. The molecule has 0 aliphatic carbocycles. The first kappa shape index (κ1) is 18.1. The summed E-state index contributed by atoms with van der Waals surface area (Å²) in [5, 5.41) is 21.2. The molecule has 1 heterocycles. The number of phenols is 1. The van der Waals surface area contributed by atoms with Crippen molar-refractivity contribution >= 4 is 17.6 Å². The molecule has 3 rings (SSSR count). The molecule has 3 aromatic rings. The molecule has 0 unspecified atom stereocenters. The van der Waals surface area contributed by atoms with Crippen molar-refractivity contribution in [2.45, 2.75) is 13.5 Å². The number of benzene rings is 2. The van der Waals surface area contributed by atoms with Crippen molar-refractivity contribution in [1.29, 1.82) is 0 Å². The Balaban J connectivity index is 1.72. The summed E-state index contributed by atoms with van der Waals surface area (Å²) in [4.78, 5) is 23.6. The number of carbonyl (C=O) groups excluding carboxylic acids is 1. The third-order valence-corrected chi connectivity index (χ3v) is 3.83. The minimum Gasteiger partial charge on any atom is -0.507 e. The molecule has 0 aliphatic rings. The number of ether oxygens (including phenoxy) is 1. The van der Waals surface area contributed by atoms with Crippen molar-refractivity contribution in [2.24, 2.45) is 0 Å². The summed E-state index contributed by atoms with van der Waals surface area (Å²) < 4.78 is 11.0. The van der Waals surface area contributed by atoms with Gasteiger partial charge in [0, 0.05) is 5.69 Å². The van der Waals surface area contributed by atoms with Gasteiger partial charge in [0.2, 0.25) is 0 Å². The molecule has 138 valence electrons. The van der Waals surface area contributed by atoms with Crippen LogP contribution < -0.4 is 10.1 Å². The number of carbonyl (C=O) groups is 2. The van der Waals surface area contributed by atoms with E-state index in [2.05, 4.69) is 5.32 Å². The van der Waals surface area contributed by atoms with Crippen molar-refractivity contribution in [1.82, 2.24) is 0 Å². The second-order valence-electron chi connectivity index (χ2n) is 5.85. The van der Waals surface area contributed by atoms with Gasteiger partial charge in [-0.3, -0.25) is 4.79 Å². The Morgan fingerprint density at radius 3 is 2.67 bits per heavy atom. The van der Waals surface area contributed by atoms with E-state index in [4.69, 9.17) is 14.3 Å². The Morgan fingerprint density at radius 1 is 1.11 bits per heavy atom. The van der Waals surface area contributed by atoms with Crippen LogP contribution in [-0.2, 0) is 6.61 Å². The standard InChI is InChI=1S/C20H17NO6/c1-12-3-2-4-14(9-12)27-11-18-15(7-8-26-18)19(23)21-13-5-6-17(22)16(10-13)20(24)25/h2-10,22H,11H2,1H3,(H,21,23)(H,24,25). The average molecular weight is 367 g/mol. The van der Waals surface area contributed by atoms with Gasteiger partial charge in [-0.15, -0.1) is 0 Å². The third kappa shape index (κ3) is 4.27. The summed E-state index contributed by atoms with van der Waals surface area (Å²) in [5.41, 5.74) is 1.25. The largest absolute Gasteiger partial charge is 0.507 e. The molecule has 1 aromatic heterocycles. The highest BCUT2D eigenvalue weighted by atomic mass is 16.5. The summed E-state index contributed by atoms with van der Waals surface area (Å²) in [6, 6.07) is 12.8. The molecule has 0 fully saturated rings. The van der Waals surface area contributed by atoms with Crippen molar-refractivity contribution in [2.75, 3.05) is 5.32 Å². The Morgan fingerprint density at radius 2 is 1.93 bits per heavy atom. The van der Waals surface area contributed by atoms with Crippen LogP contribution in [-0.4, -0.2) is 22.1 Å². The number of aromatic carboxylic acids is 1. The molecule has 7 nitrogen and oxygen atoms in total. The van der Waals surface area contributed by atoms with E-state index in [0.29, 0.717) is 11.5 Å². The predicted molar refractivity (Wildman–Crippen MR) is 97.2 cm³/mol. The highest BCUT2D eigenvalue weighted by molar-refractivity contribution is 6.05. The van der Waals surface area contributed by atoms with Crippen molar-refractivity contribution in [3.05, 3.63) is 77.2 Å². The van der Waals surface area contributed by atoms with Gasteiger partial charge in [0.15, 0.2) is 5.76 Å². The van der Waals surface area contributed by atoms with Gasteiger partial charge in [-0.1, -0.05) is 12.1 Å². The molecule has 0 radical (unpaired) electrons. The normalized spacial score (nSPS) is 10.4. The van der Waals surface area contributed by atoms with E-state index < -0.39 is 11.9 Å². The van der Waals surface area contributed by atoms with Crippen LogP contribution in [0, 0.1) is 6.92 Å². The molecule has 3 N–H and O–H groups in total. The molecule has 27 heavy (non-hydrogen) atoms. The Labute approximate surface area is 154 Å². The van der Waals surface area contributed by atoms with E-state index in [0.717, 1.165) is 5.56 Å². The molecule has 7 heteroatoms. The van der Waals surface area contributed by atoms with Crippen LogP contribution >= 0.6 is 0 Å². The monoisotopic (exact) mass is 367 g/mol. The molecule has 0 saturated heterocycles. The van der Waals surface area contributed by atoms with Crippen LogP contribution in [0.15, 0.2) is 59.2 Å². The first-order valence-electron chi connectivity index (χ1n) is 8.07. The van der Waals surface area contributed by atoms with E-state index in [-0.39, 0.29) is 29.2 Å². The van der Waals surface area contributed by atoms with E-state index >= 15 is 0 Å². The zero-order valence-corrected chi connectivity index (χ0v) is 14.4. The number of aromatic hydroxyl groups is 1. The number of furan rings is 1. The van der Waals surface area contributed by atoms with Crippen molar-refractivity contribution < 1.29 is 29.0 Å². The summed E-state index contributed by atoms with van der Waals surface area (Å²) in [6.45, 7) is 2.01. The zero-order valence-electron chi connectivity index (χ0n) is 14.4. The summed E-state index contributed by atoms with van der Waals surface area (Å²) >= 11 is 0. The minimum atomic E-state index is -1.29. The molecule has 0 atom stereocenters. The molecular formula is C20H17NO6. The highest BCUT2D eigenvalue weighted by Crippen LogP contribution is 2.23. The van der Waals surface area contributed by atoms with E-state index in [9.17, 15) is 14.7 Å². The van der Waals surface area contributed by atoms with Gasteiger partial charge < -0.3 is 24.7 Å². The van der Waals surface area contributed by atoms with Crippen molar-refractivity contribution in [3.63, 3.8) is 0 Å². The molecular weight excluding hydrogens is 350 g/mol. The van der Waals surface area contributed by atoms with Crippen LogP contribution in [0.4, 0.5) is 5.69 Å². The lowest BCUT2D eigenvalue weighted by molar-refractivity contribution is 0.0693. The van der Waals surface area contributed by atoms with E-state index in [1.54, 1.807) is 6.07 Å². The van der Waals surface area contributed by atoms with Gasteiger partial charge in [0.1, 0.15) is 23.7 Å². The van der Waals surface area contributed by atoms with Crippen LogP contribution in [0.25, 0.3) is 0 Å². The lowest BCUT2D eigenvalue weighted by Gasteiger charge is -2.09. The highest BCUT2D eigenvalue weighted by Gasteiger charge is 2.17. The maximum atomic E-state index is 12.5. The number of carboxylic acid groups (broad SMARTS) is 1. The number of aryl methyl sites for hydroxylation is 1. The molecule has 0 saturated carbocycles. The first-order chi connectivity index (χ1) is 12.9. The van der Waals surface area contributed by atoms with Gasteiger partial charge in [0.25, 0.3) is 5.91 Å². The fourth-order valence-electron chi connectivity index (χ4n) is 2.49. The molecule has 2 aromatic carbocycles. The number of rotatable bonds is 6. The fraction of sp³-hybridized carbons (Fsp3) is 0.100. The number of carboxylic acids is 1. The van der Waals surface area contributed by atoms with Gasteiger partial charge >= 0.3 is 5.97 Å². The van der Waals surface area contributed by atoms with Gasteiger partial charge in [-0.25, -0.2) is 4.79 Å². The van der Waals surface area contributed by atoms with Gasteiger partial charge in [0.05, 0.1) is 11.8 Å². The molecule has 0 bridgehead atoms. The summed E-state index contributed by atoms with van der Waals surface area (Å²) in [7, 11) is 0. The quantitative estimate of drug-likeness (QED) is 0.572. The molecule has 0 spiro atoms. The summed E-state index contributed by atoms with van der Waals surface area (Å²) in [5.74, 6) is -1.16. The number of hydrogen-bond acceptors (Lipinski definition) is 5. The number of amides is 1. The van der Waals surface area contributed by atoms with Crippen LogP contribution in [0.2, 0.25) is 0 Å². The lowest BCUT2D eigenvalue weighted by Crippen LogP contribution is -2.14. The van der Waals surface area contributed by atoms with E-state index in [1.807, 2.05) is 25.1 Å². The van der Waals surface area contributed by atoms with Crippen LogP contribution in [0.1, 0.15) is 32.0 Å². The third-order valence-electron chi connectivity index (χ3n) is 3.83. The number of hydrogen-bond donors (Lipinski definition) is 3. The SMILES string of the molecule is Cc1cccc(OCc2occc2C(=O)Nc2ccc(O)c(C(=O)O)c2)c1. The minimum absolute atomic E-state index is 0.0646. The second-order valence-corrected chi connectivity index (χ2v) is 5.85. The average Bonchev–Trinajstić information content (AvgIpc) is 3.10. The van der Waals surface area contributed by atoms with Gasteiger partial charge in [-0.2, -0.15) is 0 Å². The molecule has 0 aliphatic heterocycles. The smallest absolute Gasteiger partial charge is 0.339 e. The zero-order chi connectivity index (χ0) is 19.4. The second kappa shape index (κ2) is 7.65. The Hall–Kier alpha value is -3.74. The Kier molecular flexibility index (Phi) is 5.12. The first-order valence-corrected chi connectivity index (χ1v) is 8.07. The van der Waals surface area contributed by atoms with Gasteiger partial charge in [-0.05, 0) is 48.9 Å². The maximum Gasteiger partial charge on any atom is 0.339 e. The fourth-order valence-corrected chi connectivity index (χ4v) is 2.49. The number of nitrogens with one attached hydrogen (secondary N) is 1. The predicted octanol–water partition coefficient (Wildman–Crippen LogP) is 3.82. The topological polar surface area (TPSA) is 109 Å². The molecule has 1 amide bonds. The maximum absolute atomic E-state index is 12.5. The van der Waals surface area contributed by atoms with Crippen molar-refractivity contribution in [3.8, 4) is 11.5 Å². The van der Waals surface area contributed by atoms with E-state index in [1.165, 1.54) is 30.5 Å². The van der Waals surface area contributed by atoms with Crippen LogP contribution in [0.5, 0.6) is 11.5 Å². The Bertz CT molecular complexity index is 992. The van der Waals surface area contributed by atoms with Crippen LogP contribution in [0.3, 0.4) is 0 Å². The number of anilines is 1.